The predicted octanol–water partition coefficient (Wildman–Crippen LogP) is 5.58. The van der Waals surface area contributed by atoms with Crippen LogP contribution in [0.2, 0.25) is 5.02 Å². The smallest absolute Gasteiger partial charge is 0.0843 e. The Morgan fingerprint density at radius 2 is 1.10 bits per heavy atom. The molecule has 2 heteroatoms. The van der Waals surface area contributed by atoms with Crippen molar-refractivity contribution < 1.29 is 0 Å². The molecule has 0 fully saturated rings. The SMILES string of the molecule is Clc1ccc(C[S+](c2ccccc2)c2ccccc2)cc1. The maximum absolute atomic E-state index is 5.98. The van der Waals surface area contributed by atoms with Gasteiger partial charge in [0, 0.05) is 10.6 Å². The monoisotopic (exact) mass is 311 g/mol. The zero-order valence-electron chi connectivity index (χ0n) is 11.6. The molecule has 0 aliphatic rings. The van der Waals surface area contributed by atoms with E-state index in [4.69, 9.17) is 11.6 Å². The molecule has 0 nitrogen and oxygen atoms in total. The fourth-order valence-electron chi connectivity index (χ4n) is 2.22. The average Bonchev–Trinajstić information content (AvgIpc) is 2.56. The normalized spacial score (nSPS) is 10.8. The molecule has 21 heavy (non-hydrogen) atoms. The van der Waals surface area contributed by atoms with Crippen LogP contribution in [-0.4, -0.2) is 0 Å². The Labute approximate surface area is 133 Å². The van der Waals surface area contributed by atoms with E-state index >= 15 is 0 Å². The first-order valence-corrected chi connectivity index (χ1v) is 8.65. The minimum Gasteiger partial charge on any atom is -0.0843 e. The number of rotatable bonds is 4. The van der Waals surface area contributed by atoms with Gasteiger partial charge in [0.1, 0.15) is 5.75 Å². The van der Waals surface area contributed by atoms with Gasteiger partial charge in [0.2, 0.25) is 0 Å². The maximum atomic E-state index is 5.98. The first kappa shape index (κ1) is 14.2. The van der Waals surface area contributed by atoms with Crippen molar-refractivity contribution in [2.45, 2.75) is 15.5 Å². The van der Waals surface area contributed by atoms with Crippen molar-refractivity contribution in [2.24, 2.45) is 0 Å². The molecule has 0 aromatic heterocycles. The summed E-state index contributed by atoms with van der Waals surface area (Å²) in [4.78, 5) is 2.75. The molecule has 3 aromatic rings. The Morgan fingerprint density at radius 1 is 0.619 bits per heavy atom. The minimum absolute atomic E-state index is 0.0481. The Morgan fingerprint density at radius 3 is 1.57 bits per heavy atom. The largest absolute Gasteiger partial charge is 0.161 e. The van der Waals surface area contributed by atoms with Crippen molar-refractivity contribution in [3.05, 3.63) is 95.5 Å². The molecule has 0 atom stereocenters. The third kappa shape index (κ3) is 3.69. The first-order valence-electron chi connectivity index (χ1n) is 6.88. The van der Waals surface area contributed by atoms with Crippen molar-refractivity contribution in [2.75, 3.05) is 0 Å². The zero-order valence-corrected chi connectivity index (χ0v) is 13.1. The molecule has 104 valence electrons. The van der Waals surface area contributed by atoms with Gasteiger partial charge in [-0.2, -0.15) is 0 Å². The number of halogens is 1. The van der Waals surface area contributed by atoms with Crippen molar-refractivity contribution in [3.8, 4) is 0 Å². The van der Waals surface area contributed by atoms with Gasteiger partial charge in [-0.1, -0.05) is 60.1 Å². The minimum atomic E-state index is 0.0481. The van der Waals surface area contributed by atoms with Crippen LogP contribution in [-0.2, 0) is 16.6 Å². The van der Waals surface area contributed by atoms with Gasteiger partial charge >= 0.3 is 0 Å². The molecular weight excluding hydrogens is 296 g/mol. The van der Waals surface area contributed by atoms with E-state index in [0.717, 1.165) is 10.8 Å². The molecule has 0 radical (unpaired) electrons. The molecule has 0 amide bonds. The summed E-state index contributed by atoms with van der Waals surface area (Å²) in [5.41, 5.74) is 1.32. The van der Waals surface area contributed by atoms with Crippen LogP contribution >= 0.6 is 11.6 Å². The highest BCUT2D eigenvalue weighted by Crippen LogP contribution is 2.27. The lowest BCUT2D eigenvalue weighted by Gasteiger charge is -2.08. The Kier molecular flexibility index (Phi) is 4.64. The van der Waals surface area contributed by atoms with Gasteiger partial charge in [0.15, 0.2) is 9.79 Å². The highest BCUT2D eigenvalue weighted by atomic mass is 35.5. The van der Waals surface area contributed by atoms with Crippen molar-refractivity contribution >= 4 is 22.5 Å². The van der Waals surface area contributed by atoms with Crippen LogP contribution in [0.25, 0.3) is 0 Å². The highest BCUT2D eigenvalue weighted by Gasteiger charge is 2.25. The van der Waals surface area contributed by atoms with Gasteiger partial charge in [-0.05, 0) is 36.4 Å². The second-order valence-corrected chi connectivity index (χ2v) is 7.24. The van der Waals surface area contributed by atoms with E-state index in [1.165, 1.54) is 15.4 Å². The van der Waals surface area contributed by atoms with Crippen LogP contribution in [0.15, 0.2) is 94.7 Å². The second-order valence-electron chi connectivity index (χ2n) is 4.79. The predicted molar refractivity (Wildman–Crippen MR) is 91.9 cm³/mol. The molecule has 3 rings (SSSR count). The highest BCUT2D eigenvalue weighted by molar-refractivity contribution is 7.96. The van der Waals surface area contributed by atoms with Crippen LogP contribution in [0.4, 0.5) is 0 Å². The summed E-state index contributed by atoms with van der Waals surface area (Å²) in [6.45, 7) is 0. The van der Waals surface area contributed by atoms with Crippen LogP contribution in [0.5, 0.6) is 0 Å². The number of hydrogen-bond acceptors (Lipinski definition) is 0. The molecule has 0 bridgehead atoms. The Balaban J connectivity index is 1.95. The summed E-state index contributed by atoms with van der Waals surface area (Å²) in [5.74, 6) is 1.01. The maximum Gasteiger partial charge on any atom is 0.161 e. The van der Waals surface area contributed by atoms with Gasteiger partial charge in [-0.3, -0.25) is 0 Å². The van der Waals surface area contributed by atoms with Gasteiger partial charge in [-0.25, -0.2) is 0 Å². The molecular formula is C19H16ClS+. The van der Waals surface area contributed by atoms with E-state index in [2.05, 4.69) is 72.8 Å². The van der Waals surface area contributed by atoms with E-state index < -0.39 is 0 Å². The molecule has 0 unspecified atom stereocenters. The Bertz CT molecular complexity index is 638. The van der Waals surface area contributed by atoms with E-state index in [-0.39, 0.29) is 10.9 Å². The Hall–Kier alpha value is -1.70. The molecule has 3 aromatic carbocycles. The summed E-state index contributed by atoms with van der Waals surface area (Å²) in [7, 11) is 0.0481. The summed E-state index contributed by atoms with van der Waals surface area (Å²) >= 11 is 5.98. The topological polar surface area (TPSA) is 0 Å². The van der Waals surface area contributed by atoms with Crippen molar-refractivity contribution in [1.29, 1.82) is 0 Å². The summed E-state index contributed by atoms with van der Waals surface area (Å²) in [6.07, 6.45) is 0. The fraction of sp³-hybridized carbons (Fsp3) is 0.0526. The molecule has 0 saturated heterocycles. The summed E-state index contributed by atoms with van der Waals surface area (Å²) in [6, 6.07) is 29.6. The van der Waals surface area contributed by atoms with Crippen LogP contribution in [0.1, 0.15) is 5.56 Å². The van der Waals surface area contributed by atoms with Crippen LogP contribution < -0.4 is 0 Å². The average molecular weight is 312 g/mol. The lowest BCUT2D eigenvalue weighted by molar-refractivity contribution is 1.30. The van der Waals surface area contributed by atoms with Gasteiger partial charge in [0.25, 0.3) is 0 Å². The third-order valence-electron chi connectivity index (χ3n) is 3.28. The van der Waals surface area contributed by atoms with Crippen LogP contribution in [0, 0.1) is 0 Å². The lowest BCUT2D eigenvalue weighted by Crippen LogP contribution is -2.07. The summed E-state index contributed by atoms with van der Waals surface area (Å²) < 4.78 is 0. The lowest BCUT2D eigenvalue weighted by atomic mass is 10.2. The van der Waals surface area contributed by atoms with Gasteiger partial charge in [0.05, 0.1) is 10.9 Å². The molecule has 0 aliphatic carbocycles. The van der Waals surface area contributed by atoms with Gasteiger partial charge < -0.3 is 0 Å². The second kappa shape index (κ2) is 6.84. The zero-order chi connectivity index (χ0) is 14.5. The fourth-order valence-corrected chi connectivity index (χ4v) is 4.45. The van der Waals surface area contributed by atoms with E-state index in [1.807, 2.05) is 12.1 Å². The molecule has 0 N–H and O–H groups in total. The number of benzene rings is 3. The van der Waals surface area contributed by atoms with Crippen molar-refractivity contribution in [3.63, 3.8) is 0 Å². The van der Waals surface area contributed by atoms with Crippen molar-refractivity contribution in [1.82, 2.24) is 0 Å². The summed E-state index contributed by atoms with van der Waals surface area (Å²) in [5, 5.41) is 0.790. The van der Waals surface area contributed by atoms with Crippen LogP contribution in [0.3, 0.4) is 0 Å². The van der Waals surface area contributed by atoms with E-state index in [0.29, 0.717) is 0 Å². The molecule has 0 spiro atoms. The standard InChI is InChI=1S/C19H16ClS/c20-17-13-11-16(12-14-17)15-21(18-7-3-1-4-8-18)19-9-5-2-6-10-19/h1-14H,15H2/q+1. The number of hydrogen-bond donors (Lipinski definition) is 0. The third-order valence-corrected chi connectivity index (χ3v) is 5.84. The molecule has 0 aliphatic heterocycles. The molecule has 0 heterocycles. The quantitative estimate of drug-likeness (QED) is 0.552. The first-order chi connectivity index (χ1) is 10.3. The van der Waals surface area contributed by atoms with E-state index in [9.17, 15) is 0 Å². The van der Waals surface area contributed by atoms with Gasteiger partial charge in [-0.15, -0.1) is 0 Å². The molecule has 0 saturated carbocycles. The van der Waals surface area contributed by atoms with E-state index in [1.54, 1.807) is 0 Å².